The molecule has 0 saturated heterocycles. The molecular weight excluding hydrogens is 303 g/mol. The molecule has 2 rings (SSSR count). The lowest BCUT2D eigenvalue weighted by molar-refractivity contribution is 0.102. The summed E-state index contributed by atoms with van der Waals surface area (Å²) in [5, 5.41) is 11.8. The highest BCUT2D eigenvalue weighted by Gasteiger charge is 2.13. The van der Waals surface area contributed by atoms with E-state index in [0.717, 1.165) is 6.20 Å². The molecule has 2 N–H and O–H groups in total. The molecule has 6 heteroatoms. The summed E-state index contributed by atoms with van der Waals surface area (Å²) in [5.41, 5.74) is 0.0757. The van der Waals surface area contributed by atoms with Crippen LogP contribution in [0.15, 0.2) is 41.1 Å². The molecule has 0 aliphatic carbocycles. The molecule has 1 aromatic heterocycles. The van der Waals surface area contributed by atoms with Crippen LogP contribution >= 0.6 is 15.9 Å². The Hall–Kier alpha value is -1.95. The first-order valence-corrected chi connectivity index (χ1v) is 5.76. The fraction of sp³-hybridized carbons (Fsp3) is 0. The van der Waals surface area contributed by atoms with Gasteiger partial charge in [0, 0.05) is 10.7 Å². The lowest BCUT2D eigenvalue weighted by Gasteiger charge is -2.07. The minimum Gasteiger partial charge on any atom is -0.505 e. The van der Waals surface area contributed by atoms with Gasteiger partial charge in [-0.05, 0) is 24.3 Å². The van der Waals surface area contributed by atoms with Crippen molar-refractivity contribution in [3.63, 3.8) is 0 Å². The number of benzene rings is 1. The number of carbonyl (C=O) groups excluding carboxylic acids is 1. The summed E-state index contributed by atoms with van der Waals surface area (Å²) in [4.78, 5) is 15.4. The van der Waals surface area contributed by atoms with Gasteiger partial charge < -0.3 is 10.4 Å². The van der Waals surface area contributed by atoms with Crippen molar-refractivity contribution < 1.29 is 14.3 Å². The predicted octanol–water partition coefficient (Wildman–Crippen LogP) is 2.94. The number of carbonyl (C=O) groups is 1. The standard InChI is InChI=1S/C12H8BrFN2O2/c13-7-1-2-10(9(14)5-7)16-12(18)8-3-4-15-6-11(8)17/h1-6,17H,(H,16,18). The van der Waals surface area contributed by atoms with Crippen molar-refractivity contribution in [2.24, 2.45) is 0 Å². The minimum atomic E-state index is -0.601. The molecule has 1 amide bonds. The Kier molecular flexibility index (Phi) is 3.57. The monoisotopic (exact) mass is 310 g/mol. The van der Waals surface area contributed by atoms with E-state index in [4.69, 9.17) is 0 Å². The molecule has 2 aromatic rings. The molecule has 0 saturated carbocycles. The average Bonchev–Trinajstić information content (AvgIpc) is 2.33. The Morgan fingerprint density at radius 3 is 2.83 bits per heavy atom. The number of anilines is 1. The first-order chi connectivity index (χ1) is 8.58. The Bertz CT molecular complexity index is 604. The molecular formula is C12H8BrFN2O2. The molecule has 0 radical (unpaired) electrons. The van der Waals surface area contributed by atoms with Gasteiger partial charge in [-0.15, -0.1) is 0 Å². The molecule has 1 aromatic carbocycles. The van der Waals surface area contributed by atoms with Gasteiger partial charge in [0.05, 0.1) is 17.4 Å². The summed E-state index contributed by atoms with van der Waals surface area (Å²) in [6.07, 6.45) is 2.51. The zero-order valence-corrected chi connectivity index (χ0v) is 10.6. The Labute approximate surface area is 111 Å². The lowest BCUT2D eigenvalue weighted by atomic mass is 10.2. The number of amides is 1. The molecule has 18 heavy (non-hydrogen) atoms. The first kappa shape index (κ1) is 12.5. The largest absolute Gasteiger partial charge is 0.505 e. The van der Waals surface area contributed by atoms with E-state index < -0.39 is 11.7 Å². The second-order valence-corrected chi connectivity index (χ2v) is 4.39. The zero-order chi connectivity index (χ0) is 13.1. The maximum absolute atomic E-state index is 13.5. The van der Waals surface area contributed by atoms with Gasteiger partial charge >= 0.3 is 0 Å². The average molecular weight is 311 g/mol. The van der Waals surface area contributed by atoms with E-state index in [1.165, 1.54) is 24.4 Å². The van der Waals surface area contributed by atoms with Crippen molar-refractivity contribution in [1.29, 1.82) is 0 Å². The third kappa shape index (κ3) is 2.65. The highest BCUT2D eigenvalue weighted by atomic mass is 79.9. The molecule has 0 bridgehead atoms. The van der Waals surface area contributed by atoms with Crippen LogP contribution in [0.4, 0.5) is 10.1 Å². The number of halogens is 2. The number of rotatable bonds is 2. The van der Waals surface area contributed by atoms with E-state index >= 15 is 0 Å². The molecule has 0 aliphatic heterocycles. The fourth-order valence-corrected chi connectivity index (χ4v) is 1.69. The smallest absolute Gasteiger partial charge is 0.259 e. The van der Waals surface area contributed by atoms with E-state index in [1.807, 2.05) is 0 Å². The molecule has 0 atom stereocenters. The van der Waals surface area contributed by atoms with Gasteiger partial charge in [0.15, 0.2) is 0 Å². The molecule has 4 nitrogen and oxygen atoms in total. The van der Waals surface area contributed by atoms with Crippen LogP contribution in [-0.2, 0) is 0 Å². The summed E-state index contributed by atoms with van der Waals surface area (Å²) < 4.78 is 14.1. The quantitative estimate of drug-likeness (QED) is 0.896. The second-order valence-electron chi connectivity index (χ2n) is 3.47. The van der Waals surface area contributed by atoms with Crippen molar-refractivity contribution in [2.45, 2.75) is 0 Å². The molecule has 0 aliphatic rings. The molecule has 92 valence electrons. The lowest BCUT2D eigenvalue weighted by Crippen LogP contribution is -2.13. The number of aromatic nitrogens is 1. The predicted molar refractivity (Wildman–Crippen MR) is 68.0 cm³/mol. The number of pyridine rings is 1. The van der Waals surface area contributed by atoms with E-state index in [0.29, 0.717) is 4.47 Å². The number of hydrogen-bond acceptors (Lipinski definition) is 3. The van der Waals surface area contributed by atoms with Crippen LogP contribution in [0.2, 0.25) is 0 Å². The van der Waals surface area contributed by atoms with Crippen molar-refractivity contribution in [1.82, 2.24) is 4.98 Å². The minimum absolute atomic E-state index is 0.0346. The number of aromatic hydroxyl groups is 1. The van der Waals surface area contributed by atoms with Crippen LogP contribution < -0.4 is 5.32 Å². The van der Waals surface area contributed by atoms with Gasteiger partial charge in [0.2, 0.25) is 0 Å². The van der Waals surface area contributed by atoms with E-state index in [1.54, 1.807) is 6.07 Å². The van der Waals surface area contributed by atoms with Gasteiger partial charge in [-0.25, -0.2) is 4.39 Å². The van der Waals surface area contributed by atoms with Crippen molar-refractivity contribution in [3.05, 3.63) is 52.5 Å². The maximum atomic E-state index is 13.5. The van der Waals surface area contributed by atoms with Crippen LogP contribution in [-0.4, -0.2) is 16.0 Å². The maximum Gasteiger partial charge on any atom is 0.259 e. The first-order valence-electron chi connectivity index (χ1n) is 4.97. The molecule has 0 spiro atoms. The van der Waals surface area contributed by atoms with Gasteiger partial charge in [0.25, 0.3) is 5.91 Å². The summed E-state index contributed by atoms with van der Waals surface area (Å²) in [6.45, 7) is 0. The summed E-state index contributed by atoms with van der Waals surface area (Å²) in [7, 11) is 0. The normalized spacial score (nSPS) is 10.1. The molecule has 0 unspecified atom stereocenters. The van der Waals surface area contributed by atoms with E-state index in [-0.39, 0.29) is 17.0 Å². The number of nitrogens with one attached hydrogen (secondary N) is 1. The van der Waals surface area contributed by atoms with Gasteiger partial charge in [-0.2, -0.15) is 0 Å². The van der Waals surface area contributed by atoms with Crippen molar-refractivity contribution >= 4 is 27.5 Å². The highest BCUT2D eigenvalue weighted by molar-refractivity contribution is 9.10. The Morgan fingerprint density at radius 1 is 1.39 bits per heavy atom. The van der Waals surface area contributed by atoms with Gasteiger partial charge in [0.1, 0.15) is 11.6 Å². The summed E-state index contributed by atoms with van der Waals surface area (Å²) in [5.74, 6) is -1.42. The molecule has 0 fully saturated rings. The van der Waals surface area contributed by atoms with Gasteiger partial charge in [-0.3, -0.25) is 9.78 Å². The Morgan fingerprint density at radius 2 is 2.17 bits per heavy atom. The second kappa shape index (κ2) is 5.14. The van der Waals surface area contributed by atoms with E-state index in [9.17, 15) is 14.3 Å². The van der Waals surface area contributed by atoms with Gasteiger partial charge in [-0.1, -0.05) is 15.9 Å². The number of hydrogen-bond donors (Lipinski definition) is 2. The van der Waals surface area contributed by atoms with E-state index in [2.05, 4.69) is 26.2 Å². The zero-order valence-electron chi connectivity index (χ0n) is 9.02. The summed E-state index contributed by atoms with van der Waals surface area (Å²) in [6, 6.07) is 5.62. The topological polar surface area (TPSA) is 62.2 Å². The number of nitrogens with zero attached hydrogens (tertiary/aromatic N) is 1. The van der Waals surface area contributed by atoms with Crippen molar-refractivity contribution in [2.75, 3.05) is 5.32 Å². The fourth-order valence-electron chi connectivity index (χ4n) is 1.36. The third-order valence-electron chi connectivity index (χ3n) is 2.22. The highest BCUT2D eigenvalue weighted by Crippen LogP contribution is 2.21. The summed E-state index contributed by atoms with van der Waals surface area (Å²) >= 11 is 3.12. The van der Waals surface area contributed by atoms with Crippen LogP contribution in [0.5, 0.6) is 5.75 Å². The molecule has 1 heterocycles. The van der Waals surface area contributed by atoms with Crippen LogP contribution in [0.1, 0.15) is 10.4 Å². The van der Waals surface area contributed by atoms with Crippen LogP contribution in [0, 0.1) is 5.82 Å². The van der Waals surface area contributed by atoms with Crippen molar-refractivity contribution in [3.8, 4) is 5.75 Å². The Balaban J connectivity index is 2.24. The SMILES string of the molecule is O=C(Nc1ccc(Br)cc1F)c1ccncc1O. The third-order valence-corrected chi connectivity index (χ3v) is 2.72. The van der Waals surface area contributed by atoms with Crippen LogP contribution in [0.25, 0.3) is 0 Å². The van der Waals surface area contributed by atoms with Crippen LogP contribution in [0.3, 0.4) is 0 Å².